The number of ether oxygens (including phenoxy) is 1. The molecular formula is C77H147NO5. The van der Waals surface area contributed by atoms with Crippen molar-refractivity contribution >= 4 is 11.9 Å². The molecule has 0 aromatic heterocycles. The Hall–Kier alpha value is -1.92. The molecule has 0 radical (unpaired) electrons. The lowest BCUT2D eigenvalue weighted by Gasteiger charge is -2.22. The lowest BCUT2D eigenvalue weighted by Crippen LogP contribution is -2.45. The van der Waals surface area contributed by atoms with Crippen LogP contribution in [0, 0.1) is 0 Å². The maximum atomic E-state index is 12.5. The molecule has 1 amide bonds. The van der Waals surface area contributed by atoms with E-state index in [0.29, 0.717) is 25.9 Å². The highest BCUT2D eigenvalue weighted by molar-refractivity contribution is 5.76. The first-order valence-electron chi connectivity index (χ1n) is 37.7. The molecule has 0 aromatic carbocycles. The fourth-order valence-electron chi connectivity index (χ4n) is 11.9. The Balaban J connectivity index is 3.31. The van der Waals surface area contributed by atoms with Crippen molar-refractivity contribution in [2.24, 2.45) is 0 Å². The zero-order valence-corrected chi connectivity index (χ0v) is 56.2. The van der Waals surface area contributed by atoms with E-state index >= 15 is 0 Å². The number of allylic oxidation sites excluding steroid dienone is 6. The van der Waals surface area contributed by atoms with E-state index in [4.69, 9.17) is 4.74 Å². The summed E-state index contributed by atoms with van der Waals surface area (Å²) in [6.07, 6.45) is 93.8. The van der Waals surface area contributed by atoms with E-state index in [9.17, 15) is 19.8 Å². The van der Waals surface area contributed by atoms with Gasteiger partial charge in [0, 0.05) is 12.8 Å². The number of unbranched alkanes of at least 4 members (excludes halogenated alkanes) is 54. The molecule has 0 aliphatic carbocycles. The maximum absolute atomic E-state index is 12.5. The normalized spacial score (nSPS) is 12.7. The van der Waals surface area contributed by atoms with Gasteiger partial charge in [0.1, 0.15) is 0 Å². The van der Waals surface area contributed by atoms with Gasteiger partial charge in [0.05, 0.1) is 25.4 Å². The van der Waals surface area contributed by atoms with Crippen LogP contribution in [0.4, 0.5) is 0 Å². The highest BCUT2D eigenvalue weighted by Gasteiger charge is 2.20. The summed E-state index contributed by atoms with van der Waals surface area (Å²) in [6, 6.07) is -0.537. The number of carbonyl (C=O) groups is 2. The summed E-state index contributed by atoms with van der Waals surface area (Å²) < 4.78 is 5.51. The molecule has 0 heterocycles. The minimum absolute atomic E-state index is 0.0145. The Kier molecular flexibility index (Phi) is 70.9. The molecule has 0 aliphatic heterocycles. The number of amides is 1. The Morgan fingerprint density at radius 1 is 0.337 bits per heavy atom. The third-order valence-corrected chi connectivity index (χ3v) is 17.7. The number of aliphatic hydroxyl groups excluding tert-OH is 2. The first-order valence-corrected chi connectivity index (χ1v) is 37.7. The maximum Gasteiger partial charge on any atom is 0.305 e. The van der Waals surface area contributed by atoms with Crippen molar-refractivity contribution in [3.05, 3.63) is 36.5 Å². The van der Waals surface area contributed by atoms with Gasteiger partial charge in [0.15, 0.2) is 0 Å². The summed E-state index contributed by atoms with van der Waals surface area (Å²) in [6.45, 7) is 4.96. The molecule has 0 bridgehead atoms. The lowest BCUT2D eigenvalue weighted by atomic mass is 10.0. The van der Waals surface area contributed by atoms with Gasteiger partial charge in [-0.2, -0.15) is 0 Å². The number of hydrogen-bond donors (Lipinski definition) is 3. The molecule has 0 aliphatic rings. The molecule has 6 nitrogen and oxygen atoms in total. The monoisotopic (exact) mass is 1170 g/mol. The molecule has 2 atom stereocenters. The zero-order chi connectivity index (χ0) is 59.9. The van der Waals surface area contributed by atoms with Gasteiger partial charge >= 0.3 is 5.97 Å². The van der Waals surface area contributed by atoms with Crippen molar-refractivity contribution in [1.82, 2.24) is 5.32 Å². The van der Waals surface area contributed by atoms with Crippen LogP contribution in [0.25, 0.3) is 0 Å². The number of nitrogens with one attached hydrogen (secondary N) is 1. The van der Waals surface area contributed by atoms with Crippen LogP contribution in [0.15, 0.2) is 36.5 Å². The fraction of sp³-hybridized carbons (Fsp3) is 0.896. The van der Waals surface area contributed by atoms with Crippen LogP contribution in [0.2, 0.25) is 0 Å². The molecule has 0 fully saturated rings. The fourth-order valence-corrected chi connectivity index (χ4v) is 11.9. The minimum atomic E-state index is -0.660. The van der Waals surface area contributed by atoms with Crippen molar-refractivity contribution in [3.63, 3.8) is 0 Å². The van der Waals surface area contributed by atoms with Gasteiger partial charge < -0.3 is 20.3 Å². The van der Waals surface area contributed by atoms with E-state index in [-0.39, 0.29) is 18.5 Å². The molecule has 0 aromatic rings. The predicted molar refractivity (Wildman–Crippen MR) is 366 cm³/mol. The first-order chi connectivity index (χ1) is 41.0. The lowest BCUT2D eigenvalue weighted by molar-refractivity contribution is -0.143. The van der Waals surface area contributed by atoms with E-state index in [1.165, 1.54) is 334 Å². The standard InChI is InChI=1S/C77H147NO5/c1-3-5-7-9-11-13-15-16-17-18-41-44-47-51-55-59-63-67-71-77(82)83-72-68-64-60-56-52-48-45-42-39-37-35-33-31-29-27-25-23-21-19-20-22-24-26-28-30-32-34-36-38-40-43-46-50-54-58-62-66-70-76(81)78-74(73-79)75(80)69-65-61-57-53-49-14-12-10-8-6-4-2/h13,15,17-19,21,74-75,79-80H,3-12,14,16,20,22-73H2,1-2H3,(H,78,81)/b15-13-,18-17-,21-19-. The Morgan fingerprint density at radius 3 is 0.940 bits per heavy atom. The van der Waals surface area contributed by atoms with Gasteiger partial charge in [0.2, 0.25) is 5.91 Å². The molecule has 0 saturated heterocycles. The Bertz CT molecular complexity index is 1340. The molecule has 83 heavy (non-hydrogen) atoms. The molecular weight excluding hydrogens is 1020 g/mol. The average molecular weight is 1170 g/mol. The van der Waals surface area contributed by atoms with Crippen LogP contribution >= 0.6 is 0 Å². The van der Waals surface area contributed by atoms with Gasteiger partial charge in [-0.15, -0.1) is 0 Å². The largest absolute Gasteiger partial charge is 0.466 e. The van der Waals surface area contributed by atoms with Crippen LogP contribution in [0.1, 0.15) is 418 Å². The van der Waals surface area contributed by atoms with Crippen LogP contribution in [0.3, 0.4) is 0 Å². The predicted octanol–water partition coefficient (Wildman–Crippen LogP) is 24.7. The molecule has 0 spiro atoms. The molecule has 6 heteroatoms. The number of esters is 1. The van der Waals surface area contributed by atoms with E-state index in [1.807, 2.05) is 0 Å². The van der Waals surface area contributed by atoms with E-state index in [1.54, 1.807) is 0 Å². The number of rotatable bonds is 71. The van der Waals surface area contributed by atoms with Crippen molar-refractivity contribution < 1.29 is 24.5 Å². The topological polar surface area (TPSA) is 95.9 Å². The van der Waals surface area contributed by atoms with Crippen molar-refractivity contribution in [2.45, 2.75) is 431 Å². The van der Waals surface area contributed by atoms with Crippen LogP contribution in [-0.2, 0) is 14.3 Å². The highest BCUT2D eigenvalue weighted by Crippen LogP contribution is 2.19. The smallest absolute Gasteiger partial charge is 0.305 e. The highest BCUT2D eigenvalue weighted by atomic mass is 16.5. The zero-order valence-electron chi connectivity index (χ0n) is 56.2. The minimum Gasteiger partial charge on any atom is -0.466 e. The molecule has 2 unspecified atom stereocenters. The van der Waals surface area contributed by atoms with Gasteiger partial charge in [0.25, 0.3) is 0 Å². The molecule has 0 rings (SSSR count). The van der Waals surface area contributed by atoms with Gasteiger partial charge in [-0.05, 0) is 83.5 Å². The summed E-state index contributed by atoms with van der Waals surface area (Å²) >= 11 is 0. The van der Waals surface area contributed by atoms with Crippen LogP contribution in [-0.4, -0.2) is 47.4 Å². The summed E-state index contributed by atoms with van der Waals surface area (Å²) in [7, 11) is 0. The summed E-state index contributed by atoms with van der Waals surface area (Å²) in [4.78, 5) is 24.6. The second-order valence-electron chi connectivity index (χ2n) is 26.0. The van der Waals surface area contributed by atoms with Crippen molar-refractivity contribution in [2.75, 3.05) is 13.2 Å². The van der Waals surface area contributed by atoms with E-state index < -0.39 is 12.1 Å². The van der Waals surface area contributed by atoms with Crippen LogP contribution < -0.4 is 5.32 Å². The summed E-state index contributed by atoms with van der Waals surface area (Å²) in [5.74, 6) is -0.0156. The quantitative estimate of drug-likeness (QED) is 0.0320. The number of aliphatic hydroxyl groups is 2. The molecule has 3 N–H and O–H groups in total. The third-order valence-electron chi connectivity index (χ3n) is 17.7. The van der Waals surface area contributed by atoms with Crippen LogP contribution in [0.5, 0.6) is 0 Å². The third kappa shape index (κ3) is 69.1. The van der Waals surface area contributed by atoms with Crippen molar-refractivity contribution in [3.8, 4) is 0 Å². The van der Waals surface area contributed by atoms with Gasteiger partial charge in [-0.3, -0.25) is 9.59 Å². The Labute approximate surface area is 519 Å². The van der Waals surface area contributed by atoms with E-state index in [0.717, 1.165) is 51.4 Å². The summed E-state index contributed by atoms with van der Waals surface area (Å²) in [5, 5.41) is 23.2. The van der Waals surface area contributed by atoms with Gasteiger partial charge in [-0.25, -0.2) is 0 Å². The first kappa shape index (κ1) is 81.1. The second-order valence-corrected chi connectivity index (χ2v) is 26.0. The number of carbonyl (C=O) groups excluding carboxylic acids is 2. The van der Waals surface area contributed by atoms with Crippen molar-refractivity contribution in [1.29, 1.82) is 0 Å². The molecule has 490 valence electrons. The summed E-state index contributed by atoms with van der Waals surface area (Å²) in [5.41, 5.74) is 0. The SMILES string of the molecule is CCCCCC/C=C\C/C=C\CCCCCCCCCC(=O)OCCCCCCCCCCCCCCCCCC/C=C\CCCCCCCCCCCCCCCCCCCC(=O)NC(CO)C(O)CCCCCCCCCCCCC. The Morgan fingerprint density at radius 2 is 0.602 bits per heavy atom. The van der Waals surface area contributed by atoms with E-state index in [2.05, 4.69) is 55.6 Å². The average Bonchev–Trinajstić information content (AvgIpc) is 3.49. The molecule has 0 saturated carbocycles. The number of hydrogen-bond acceptors (Lipinski definition) is 5. The second kappa shape index (κ2) is 72.6. The van der Waals surface area contributed by atoms with Gasteiger partial charge in [-0.1, -0.05) is 359 Å².